The van der Waals surface area contributed by atoms with Gasteiger partial charge in [-0.05, 0) is 53.2 Å². The number of alkyl halides is 1. The predicted octanol–water partition coefficient (Wildman–Crippen LogP) is 7.15. The summed E-state index contributed by atoms with van der Waals surface area (Å²) >= 11 is 6.20. The molecule has 0 aliphatic rings. The minimum absolute atomic E-state index is 0.604. The average molecular weight is 361 g/mol. The van der Waals surface area contributed by atoms with E-state index in [0.717, 1.165) is 12.8 Å². The minimum Gasteiger partial charge on any atom is -0.126 e. The Labute approximate surface area is 162 Å². The number of hydrogen-bond donors (Lipinski definition) is 0. The third-order valence-corrected chi connectivity index (χ3v) is 4.95. The van der Waals surface area contributed by atoms with Crippen LogP contribution in [0.1, 0.15) is 41.2 Å². The van der Waals surface area contributed by atoms with E-state index in [1.165, 1.54) is 39.0 Å². The van der Waals surface area contributed by atoms with Crippen molar-refractivity contribution in [2.75, 3.05) is 5.88 Å². The normalized spacial score (nSPS) is 12.0. The third-order valence-electron chi connectivity index (χ3n) is 4.76. The number of benzene rings is 3. The Morgan fingerprint density at radius 2 is 1.31 bits per heavy atom. The summed E-state index contributed by atoms with van der Waals surface area (Å²) in [7, 11) is 0. The SMILES string of the molecule is CCc1ccc(C(=C(CCCl)c2ccccc2)c2ccc(C)cc2)cc1. The van der Waals surface area contributed by atoms with Crippen LogP contribution in [0, 0.1) is 6.92 Å². The van der Waals surface area contributed by atoms with E-state index in [0.29, 0.717) is 5.88 Å². The summed E-state index contributed by atoms with van der Waals surface area (Å²) in [6.07, 6.45) is 1.89. The first-order valence-corrected chi connectivity index (χ1v) is 9.77. The van der Waals surface area contributed by atoms with Gasteiger partial charge in [-0.3, -0.25) is 0 Å². The maximum atomic E-state index is 6.20. The number of aryl methyl sites for hydroxylation is 2. The number of allylic oxidation sites excluding steroid dienone is 1. The maximum Gasteiger partial charge on any atom is 0.0264 e. The second kappa shape index (κ2) is 8.87. The lowest BCUT2D eigenvalue weighted by atomic mass is 9.87. The molecule has 0 unspecified atom stereocenters. The molecular formula is C25H25Cl. The quantitative estimate of drug-likeness (QED) is 0.323. The van der Waals surface area contributed by atoms with E-state index in [1.54, 1.807) is 0 Å². The molecule has 0 fully saturated rings. The van der Waals surface area contributed by atoms with Gasteiger partial charge in [0.25, 0.3) is 0 Å². The van der Waals surface area contributed by atoms with E-state index in [9.17, 15) is 0 Å². The van der Waals surface area contributed by atoms with Gasteiger partial charge >= 0.3 is 0 Å². The number of halogens is 1. The van der Waals surface area contributed by atoms with E-state index in [-0.39, 0.29) is 0 Å². The van der Waals surface area contributed by atoms with Crippen LogP contribution >= 0.6 is 11.6 Å². The zero-order chi connectivity index (χ0) is 18.4. The van der Waals surface area contributed by atoms with E-state index < -0.39 is 0 Å². The van der Waals surface area contributed by atoms with Crippen molar-refractivity contribution in [3.63, 3.8) is 0 Å². The van der Waals surface area contributed by atoms with E-state index in [4.69, 9.17) is 11.6 Å². The monoisotopic (exact) mass is 360 g/mol. The fourth-order valence-electron chi connectivity index (χ4n) is 3.29. The van der Waals surface area contributed by atoms with Gasteiger partial charge in [0.05, 0.1) is 0 Å². The zero-order valence-corrected chi connectivity index (χ0v) is 16.3. The molecule has 3 rings (SSSR count). The van der Waals surface area contributed by atoms with Crippen LogP contribution in [0.5, 0.6) is 0 Å². The van der Waals surface area contributed by atoms with Gasteiger partial charge in [0, 0.05) is 5.88 Å². The molecule has 0 aliphatic carbocycles. The van der Waals surface area contributed by atoms with Crippen LogP contribution in [-0.4, -0.2) is 5.88 Å². The molecule has 26 heavy (non-hydrogen) atoms. The van der Waals surface area contributed by atoms with Gasteiger partial charge in [0.1, 0.15) is 0 Å². The lowest BCUT2D eigenvalue weighted by Gasteiger charge is -2.17. The van der Waals surface area contributed by atoms with Gasteiger partial charge in [0.15, 0.2) is 0 Å². The molecule has 0 nitrogen and oxygen atoms in total. The molecule has 0 aliphatic heterocycles. The van der Waals surface area contributed by atoms with Crippen LogP contribution in [0.2, 0.25) is 0 Å². The van der Waals surface area contributed by atoms with Crippen molar-refractivity contribution in [1.82, 2.24) is 0 Å². The summed E-state index contributed by atoms with van der Waals surface area (Å²) < 4.78 is 0. The molecule has 0 saturated carbocycles. The van der Waals surface area contributed by atoms with Gasteiger partial charge in [-0.1, -0.05) is 91.3 Å². The molecule has 0 N–H and O–H groups in total. The van der Waals surface area contributed by atoms with Crippen LogP contribution < -0.4 is 0 Å². The van der Waals surface area contributed by atoms with Crippen molar-refractivity contribution in [3.8, 4) is 0 Å². The number of hydrogen-bond acceptors (Lipinski definition) is 0. The highest BCUT2D eigenvalue weighted by atomic mass is 35.5. The van der Waals surface area contributed by atoms with Gasteiger partial charge in [0.2, 0.25) is 0 Å². The second-order valence-corrected chi connectivity index (χ2v) is 6.95. The predicted molar refractivity (Wildman–Crippen MR) is 115 cm³/mol. The molecule has 3 aromatic carbocycles. The molecule has 1 heteroatoms. The maximum absolute atomic E-state index is 6.20. The Bertz CT molecular complexity index is 856. The molecule has 132 valence electrons. The first kappa shape index (κ1) is 18.5. The Hall–Kier alpha value is -2.31. The highest BCUT2D eigenvalue weighted by Gasteiger charge is 2.14. The summed E-state index contributed by atoms with van der Waals surface area (Å²) in [6, 6.07) is 28.3. The van der Waals surface area contributed by atoms with Crippen molar-refractivity contribution in [3.05, 3.63) is 107 Å². The van der Waals surface area contributed by atoms with E-state index >= 15 is 0 Å². The molecule has 0 amide bonds. The summed E-state index contributed by atoms with van der Waals surface area (Å²) in [4.78, 5) is 0. The number of rotatable bonds is 6. The summed E-state index contributed by atoms with van der Waals surface area (Å²) in [5.41, 5.74) is 8.93. The highest BCUT2D eigenvalue weighted by molar-refractivity contribution is 6.18. The second-order valence-electron chi connectivity index (χ2n) is 6.58. The smallest absolute Gasteiger partial charge is 0.0264 e. The standard InChI is InChI=1S/C25H25Cl/c1-3-20-11-15-23(16-12-20)25(22-13-9-19(2)10-14-22)24(17-18-26)21-7-5-4-6-8-21/h4-16H,3,17-18H2,1-2H3. The van der Waals surface area contributed by atoms with E-state index in [2.05, 4.69) is 92.7 Å². The first-order valence-electron chi connectivity index (χ1n) is 9.23. The van der Waals surface area contributed by atoms with Crippen molar-refractivity contribution in [1.29, 1.82) is 0 Å². The molecule has 3 aromatic rings. The van der Waals surface area contributed by atoms with Gasteiger partial charge in [-0.25, -0.2) is 0 Å². The molecule has 0 saturated heterocycles. The first-order chi connectivity index (χ1) is 12.7. The fourth-order valence-corrected chi connectivity index (χ4v) is 3.48. The molecule has 0 aromatic heterocycles. The average Bonchev–Trinajstić information content (AvgIpc) is 2.70. The van der Waals surface area contributed by atoms with Gasteiger partial charge < -0.3 is 0 Å². The molecule has 0 heterocycles. The molecule has 0 bridgehead atoms. The largest absolute Gasteiger partial charge is 0.126 e. The zero-order valence-electron chi connectivity index (χ0n) is 15.5. The van der Waals surface area contributed by atoms with Crippen molar-refractivity contribution < 1.29 is 0 Å². The van der Waals surface area contributed by atoms with Crippen LogP contribution in [0.3, 0.4) is 0 Å². The molecule has 0 atom stereocenters. The van der Waals surface area contributed by atoms with E-state index in [1.807, 2.05) is 0 Å². The van der Waals surface area contributed by atoms with Gasteiger partial charge in [-0.15, -0.1) is 11.6 Å². The Kier molecular flexibility index (Phi) is 6.30. The molecule has 0 spiro atoms. The summed E-state index contributed by atoms with van der Waals surface area (Å²) in [6.45, 7) is 4.31. The Morgan fingerprint density at radius 3 is 1.85 bits per heavy atom. The summed E-state index contributed by atoms with van der Waals surface area (Å²) in [5.74, 6) is 0.604. The van der Waals surface area contributed by atoms with Crippen LogP contribution in [0.4, 0.5) is 0 Å². The Morgan fingerprint density at radius 1 is 0.731 bits per heavy atom. The van der Waals surface area contributed by atoms with Crippen molar-refractivity contribution in [2.45, 2.75) is 26.7 Å². The topological polar surface area (TPSA) is 0 Å². The molecular weight excluding hydrogens is 336 g/mol. The lowest BCUT2D eigenvalue weighted by Crippen LogP contribution is -1.97. The van der Waals surface area contributed by atoms with Crippen molar-refractivity contribution >= 4 is 22.7 Å². The van der Waals surface area contributed by atoms with Crippen LogP contribution in [-0.2, 0) is 6.42 Å². The van der Waals surface area contributed by atoms with Gasteiger partial charge in [-0.2, -0.15) is 0 Å². The minimum atomic E-state index is 0.604. The molecule has 0 radical (unpaired) electrons. The van der Waals surface area contributed by atoms with Crippen LogP contribution in [0.25, 0.3) is 11.1 Å². The fraction of sp³-hybridized carbons (Fsp3) is 0.200. The Balaban J connectivity index is 2.24. The highest BCUT2D eigenvalue weighted by Crippen LogP contribution is 2.35. The third kappa shape index (κ3) is 4.26. The van der Waals surface area contributed by atoms with Crippen LogP contribution in [0.15, 0.2) is 78.9 Å². The lowest BCUT2D eigenvalue weighted by molar-refractivity contribution is 1.14. The van der Waals surface area contributed by atoms with Crippen molar-refractivity contribution in [2.24, 2.45) is 0 Å². The summed E-state index contributed by atoms with van der Waals surface area (Å²) in [5, 5.41) is 0.